The maximum Gasteiger partial charge on any atom is 0.0439 e. The van der Waals surface area contributed by atoms with E-state index in [0.29, 0.717) is 0 Å². The second-order valence-corrected chi connectivity index (χ2v) is 3.70. The summed E-state index contributed by atoms with van der Waals surface area (Å²) in [5.74, 6) is 0. The highest BCUT2D eigenvalue weighted by Gasteiger charge is 1.82. The molecule has 1 aromatic carbocycles. The molecule has 0 aliphatic rings. The second-order valence-electron chi connectivity index (χ2n) is 2.04. The first kappa shape index (κ1) is 10.9. The predicted molar refractivity (Wildman–Crippen MR) is 58.5 cm³/mol. The summed E-state index contributed by atoms with van der Waals surface area (Å²) in [6, 6.07) is 12.0. The summed E-state index contributed by atoms with van der Waals surface area (Å²) in [6.07, 6.45) is 1.03. The SMILES string of the molecule is CCC(S)S.c1ccccc1. The van der Waals surface area contributed by atoms with Gasteiger partial charge in [-0.2, -0.15) is 25.3 Å². The highest BCUT2D eigenvalue weighted by molar-refractivity contribution is 7.99. The van der Waals surface area contributed by atoms with Gasteiger partial charge in [0.25, 0.3) is 0 Å². The lowest BCUT2D eigenvalue weighted by atomic mass is 10.4. The van der Waals surface area contributed by atoms with E-state index < -0.39 is 0 Å². The first-order chi connectivity index (χ1) is 5.27. The Balaban J connectivity index is 0.000000187. The van der Waals surface area contributed by atoms with Gasteiger partial charge in [-0.15, -0.1) is 0 Å². The zero-order chi connectivity index (χ0) is 8.53. The molecular weight excluding hydrogens is 172 g/mol. The van der Waals surface area contributed by atoms with Crippen molar-refractivity contribution in [1.82, 2.24) is 0 Å². The average Bonchev–Trinajstić information content (AvgIpc) is 2.09. The van der Waals surface area contributed by atoms with Gasteiger partial charge >= 0.3 is 0 Å². The van der Waals surface area contributed by atoms with E-state index in [9.17, 15) is 0 Å². The maximum atomic E-state index is 3.96. The van der Waals surface area contributed by atoms with E-state index >= 15 is 0 Å². The first-order valence-corrected chi connectivity index (χ1v) is 4.66. The minimum atomic E-state index is 0.273. The third kappa shape index (κ3) is 9.92. The van der Waals surface area contributed by atoms with Crippen molar-refractivity contribution in [1.29, 1.82) is 0 Å². The Kier molecular flexibility index (Phi) is 7.96. The normalized spacial score (nSPS) is 8.73. The standard InChI is InChI=1S/C6H6.C3H8S2/c1-2-4-6-5-3-1;1-2-3(4)5/h1-6H;3-5H,2H2,1H3. The molecule has 0 amide bonds. The van der Waals surface area contributed by atoms with Gasteiger partial charge in [0.1, 0.15) is 0 Å². The molecule has 0 heterocycles. The van der Waals surface area contributed by atoms with Crippen molar-refractivity contribution in [2.24, 2.45) is 0 Å². The largest absolute Gasteiger partial charge is 0.165 e. The maximum absolute atomic E-state index is 3.96. The van der Waals surface area contributed by atoms with E-state index in [0.717, 1.165) is 6.42 Å². The van der Waals surface area contributed by atoms with Crippen molar-refractivity contribution in [3.05, 3.63) is 36.4 Å². The Morgan fingerprint density at radius 1 is 0.909 bits per heavy atom. The lowest BCUT2D eigenvalue weighted by Crippen LogP contribution is -1.76. The Morgan fingerprint density at radius 2 is 1.09 bits per heavy atom. The minimum absolute atomic E-state index is 0.273. The zero-order valence-electron chi connectivity index (χ0n) is 6.64. The van der Waals surface area contributed by atoms with Crippen LogP contribution in [0.4, 0.5) is 0 Å². The van der Waals surface area contributed by atoms with E-state index in [4.69, 9.17) is 0 Å². The molecule has 11 heavy (non-hydrogen) atoms. The fourth-order valence-corrected chi connectivity index (χ4v) is 0.385. The molecule has 62 valence electrons. The van der Waals surface area contributed by atoms with Crippen LogP contribution in [-0.4, -0.2) is 4.58 Å². The summed E-state index contributed by atoms with van der Waals surface area (Å²) in [5, 5.41) is 0. The van der Waals surface area contributed by atoms with Crippen LogP contribution in [0.25, 0.3) is 0 Å². The van der Waals surface area contributed by atoms with Crippen LogP contribution in [0.1, 0.15) is 13.3 Å². The number of rotatable bonds is 1. The molecule has 0 spiro atoms. The Bertz CT molecular complexity index is 122. The van der Waals surface area contributed by atoms with E-state index in [2.05, 4.69) is 25.3 Å². The van der Waals surface area contributed by atoms with Crippen molar-refractivity contribution in [3.8, 4) is 0 Å². The van der Waals surface area contributed by atoms with E-state index in [-0.39, 0.29) is 4.58 Å². The third-order valence-corrected chi connectivity index (χ3v) is 1.76. The Hall–Kier alpha value is -0.0800. The average molecular weight is 186 g/mol. The minimum Gasteiger partial charge on any atom is -0.165 e. The topological polar surface area (TPSA) is 0 Å². The van der Waals surface area contributed by atoms with Crippen molar-refractivity contribution >= 4 is 25.3 Å². The summed E-state index contributed by atoms with van der Waals surface area (Å²) in [4.78, 5) is 0. The quantitative estimate of drug-likeness (QED) is 0.488. The fourth-order valence-electron chi connectivity index (χ4n) is 0.385. The van der Waals surface area contributed by atoms with E-state index in [1.54, 1.807) is 0 Å². The summed E-state index contributed by atoms with van der Waals surface area (Å²) in [7, 11) is 0. The van der Waals surface area contributed by atoms with Crippen LogP contribution >= 0.6 is 25.3 Å². The number of thiol groups is 2. The smallest absolute Gasteiger partial charge is 0.0439 e. The number of benzene rings is 1. The first-order valence-electron chi connectivity index (χ1n) is 3.63. The zero-order valence-corrected chi connectivity index (χ0v) is 8.43. The third-order valence-electron chi connectivity index (χ3n) is 1.03. The van der Waals surface area contributed by atoms with Gasteiger partial charge in [0.05, 0.1) is 0 Å². The molecule has 1 aromatic rings. The van der Waals surface area contributed by atoms with Crippen LogP contribution in [-0.2, 0) is 0 Å². The Labute approximate surface area is 79.8 Å². The summed E-state index contributed by atoms with van der Waals surface area (Å²) < 4.78 is 0.273. The molecule has 0 fully saturated rings. The van der Waals surface area contributed by atoms with Crippen molar-refractivity contribution < 1.29 is 0 Å². The van der Waals surface area contributed by atoms with Gasteiger partial charge in [-0.25, -0.2) is 0 Å². The van der Waals surface area contributed by atoms with Gasteiger partial charge in [-0.1, -0.05) is 43.3 Å². The molecule has 0 saturated heterocycles. The summed E-state index contributed by atoms with van der Waals surface area (Å²) in [6.45, 7) is 2.05. The van der Waals surface area contributed by atoms with Gasteiger partial charge < -0.3 is 0 Å². The van der Waals surface area contributed by atoms with Crippen LogP contribution in [0.15, 0.2) is 36.4 Å². The molecular formula is C9H14S2. The lowest BCUT2D eigenvalue weighted by molar-refractivity contribution is 1.07. The van der Waals surface area contributed by atoms with Gasteiger partial charge in [-0.05, 0) is 6.42 Å². The molecule has 0 aliphatic heterocycles. The molecule has 0 unspecified atom stereocenters. The second kappa shape index (κ2) is 8.02. The van der Waals surface area contributed by atoms with Gasteiger partial charge in [0.15, 0.2) is 0 Å². The van der Waals surface area contributed by atoms with Crippen LogP contribution in [0.3, 0.4) is 0 Å². The molecule has 0 atom stereocenters. The van der Waals surface area contributed by atoms with Crippen LogP contribution in [0.2, 0.25) is 0 Å². The highest BCUT2D eigenvalue weighted by Crippen LogP contribution is 2.01. The monoisotopic (exact) mass is 186 g/mol. The van der Waals surface area contributed by atoms with Crippen molar-refractivity contribution in [3.63, 3.8) is 0 Å². The highest BCUT2D eigenvalue weighted by atomic mass is 32.2. The van der Waals surface area contributed by atoms with Crippen LogP contribution in [0, 0.1) is 0 Å². The molecule has 0 aromatic heterocycles. The summed E-state index contributed by atoms with van der Waals surface area (Å²) >= 11 is 7.92. The Morgan fingerprint density at radius 3 is 1.18 bits per heavy atom. The van der Waals surface area contributed by atoms with Gasteiger partial charge in [-0.3, -0.25) is 0 Å². The van der Waals surface area contributed by atoms with Crippen LogP contribution < -0.4 is 0 Å². The fraction of sp³-hybridized carbons (Fsp3) is 0.333. The molecule has 0 bridgehead atoms. The lowest BCUT2D eigenvalue weighted by Gasteiger charge is -1.89. The molecule has 0 nitrogen and oxygen atoms in total. The van der Waals surface area contributed by atoms with Crippen molar-refractivity contribution in [2.45, 2.75) is 17.9 Å². The number of hydrogen-bond acceptors (Lipinski definition) is 2. The van der Waals surface area contributed by atoms with E-state index in [1.807, 2.05) is 43.3 Å². The van der Waals surface area contributed by atoms with Gasteiger partial charge in [0.2, 0.25) is 0 Å². The molecule has 0 saturated carbocycles. The molecule has 2 heteroatoms. The molecule has 0 N–H and O–H groups in total. The van der Waals surface area contributed by atoms with Crippen molar-refractivity contribution in [2.75, 3.05) is 0 Å². The van der Waals surface area contributed by atoms with Crippen LogP contribution in [0.5, 0.6) is 0 Å². The predicted octanol–water partition coefficient (Wildman–Crippen LogP) is 3.27. The molecule has 0 aliphatic carbocycles. The van der Waals surface area contributed by atoms with E-state index in [1.165, 1.54) is 0 Å². The van der Waals surface area contributed by atoms with Gasteiger partial charge in [0, 0.05) is 4.58 Å². The number of hydrogen-bond donors (Lipinski definition) is 2. The molecule has 1 rings (SSSR count). The molecule has 0 radical (unpaired) electrons. The summed E-state index contributed by atoms with van der Waals surface area (Å²) in [5.41, 5.74) is 0.